The summed E-state index contributed by atoms with van der Waals surface area (Å²) in [5.41, 5.74) is 3.84. The lowest BCUT2D eigenvalue weighted by atomic mass is 10.1. The number of nitrogens with zero attached hydrogens (tertiary/aromatic N) is 1. The van der Waals surface area contributed by atoms with E-state index in [0.29, 0.717) is 0 Å². The molecule has 0 aliphatic carbocycles. The summed E-state index contributed by atoms with van der Waals surface area (Å²) in [5.74, 6) is 0. The first-order valence-corrected chi connectivity index (χ1v) is 6.54. The zero-order valence-electron chi connectivity index (χ0n) is 10.9. The molecule has 0 bridgehead atoms. The van der Waals surface area contributed by atoms with Gasteiger partial charge in [-0.2, -0.15) is 0 Å². The summed E-state index contributed by atoms with van der Waals surface area (Å²) >= 11 is 0. The predicted octanol–water partition coefficient (Wildman–Crippen LogP) is 3.82. The van der Waals surface area contributed by atoms with Gasteiger partial charge in [0.05, 0.1) is 0 Å². The van der Waals surface area contributed by atoms with E-state index in [1.54, 1.807) is 0 Å². The van der Waals surface area contributed by atoms with Crippen molar-refractivity contribution >= 4 is 5.69 Å². The van der Waals surface area contributed by atoms with Gasteiger partial charge >= 0.3 is 0 Å². The Morgan fingerprint density at radius 1 is 1.06 bits per heavy atom. The van der Waals surface area contributed by atoms with Gasteiger partial charge in [0.2, 0.25) is 0 Å². The molecule has 0 atom stereocenters. The molecule has 0 saturated carbocycles. The predicted molar refractivity (Wildman–Crippen MR) is 76.8 cm³/mol. The number of anilines is 1. The van der Waals surface area contributed by atoms with Crippen LogP contribution in [0, 0.1) is 6.92 Å². The molecule has 0 aliphatic heterocycles. The van der Waals surface area contributed by atoms with Crippen molar-refractivity contribution in [1.29, 1.82) is 0 Å². The molecule has 18 heavy (non-hydrogen) atoms. The first kappa shape index (κ1) is 12.6. The average molecular weight is 240 g/mol. The van der Waals surface area contributed by atoms with Crippen molar-refractivity contribution in [2.45, 2.75) is 26.2 Å². The first-order chi connectivity index (χ1) is 8.84. The van der Waals surface area contributed by atoms with Crippen LogP contribution in [-0.2, 0) is 6.42 Å². The Labute approximate surface area is 109 Å². The highest BCUT2D eigenvalue weighted by Crippen LogP contribution is 2.09. The van der Waals surface area contributed by atoms with Crippen LogP contribution in [0.3, 0.4) is 0 Å². The van der Waals surface area contributed by atoms with Crippen LogP contribution in [-0.4, -0.2) is 11.5 Å². The highest BCUT2D eigenvalue weighted by molar-refractivity contribution is 5.44. The van der Waals surface area contributed by atoms with Crippen LogP contribution < -0.4 is 5.32 Å². The molecule has 0 amide bonds. The third kappa shape index (κ3) is 4.21. The van der Waals surface area contributed by atoms with Crippen LogP contribution in [0.1, 0.15) is 24.0 Å². The van der Waals surface area contributed by atoms with Crippen molar-refractivity contribution in [1.82, 2.24) is 4.98 Å². The number of hydrogen-bond acceptors (Lipinski definition) is 2. The van der Waals surface area contributed by atoms with Gasteiger partial charge in [0.1, 0.15) is 0 Å². The monoisotopic (exact) mass is 240 g/mol. The van der Waals surface area contributed by atoms with Gasteiger partial charge in [-0.05, 0) is 49.9 Å². The standard InChI is InChI=1S/C16H20N2/c1-14-7-9-16(10-8-14)18-12-3-2-5-15-6-4-11-17-13-15/h4,6-11,13,18H,2-3,5,12H2,1H3. The number of unbranched alkanes of at least 4 members (excludes halogenated alkanes) is 1. The van der Waals surface area contributed by atoms with E-state index in [1.165, 1.54) is 29.7 Å². The molecule has 1 N–H and O–H groups in total. The van der Waals surface area contributed by atoms with Crippen LogP contribution in [0.15, 0.2) is 48.8 Å². The Morgan fingerprint density at radius 3 is 2.61 bits per heavy atom. The minimum atomic E-state index is 1.03. The van der Waals surface area contributed by atoms with Crippen LogP contribution in [0.2, 0.25) is 0 Å². The number of pyridine rings is 1. The molecule has 0 saturated heterocycles. The minimum absolute atomic E-state index is 1.03. The summed E-state index contributed by atoms with van der Waals surface area (Å²) in [6, 6.07) is 12.7. The van der Waals surface area contributed by atoms with Gasteiger partial charge in [0.25, 0.3) is 0 Å². The van der Waals surface area contributed by atoms with E-state index in [4.69, 9.17) is 0 Å². The van der Waals surface area contributed by atoms with Gasteiger partial charge in [-0.15, -0.1) is 0 Å². The number of rotatable bonds is 6. The molecule has 1 aromatic heterocycles. The van der Waals surface area contributed by atoms with Gasteiger partial charge in [-0.25, -0.2) is 0 Å². The summed E-state index contributed by atoms with van der Waals surface area (Å²) in [6.45, 7) is 3.14. The maximum atomic E-state index is 4.12. The van der Waals surface area contributed by atoms with Crippen molar-refractivity contribution in [3.05, 3.63) is 59.9 Å². The van der Waals surface area contributed by atoms with Gasteiger partial charge in [0, 0.05) is 24.6 Å². The molecule has 1 aromatic carbocycles. The highest BCUT2D eigenvalue weighted by atomic mass is 14.9. The first-order valence-electron chi connectivity index (χ1n) is 6.54. The molecular formula is C16H20N2. The third-order valence-electron chi connectivity index (χ3n) is 3.00. The SMILES string of the molecule is Cc1ccc(NCCCCc2cccnc2)cc1. The normalized spacial score (nSPS) is 10.3. The summed E-state index contributed by atoms with van der Waals surface area (Å²) in [6.07, 6.45) is 7.27. The van der Waals surface area contributed by atoms with E-state index in [-0.39, 0.29) is 0 Å². The Morgan fingerprint density at radius 2 is 1.89 bits per heavy atom. The van der Waals surface area contributed by atoms with Crippen molar-refractivity contribution in [3.63, 3.8) is 0 Å². The Hall–Kier alpha value is -1.83. The largest absolute Gasteiger partial charge is 0.385 e. The number of aryl methyl sites for hydroxylation is 2. The minimum Gasteiger partial charge on any atom is -0.385 e. The second-order valence-corrected chi connectivity index (χ2v) is 4.61. The van der Waals surface area contributed by atoms with Crippen LogP contribution in [0.5, 0.6) is 0 Å². The van der Waals surface area contributed by atoms with Crippen LogP contribution >= 0.6 is 0 Å². The Balaban J connectivity index is 1.63. The zero-order valence-corrected chi connectivity index (χ0v) is 10.9. The lowest BCUT2D eigenvalue weighted by Gasteiger charge is -2.06. The number of aromatic nitrogens is 1. The van der Waals surface area contributed by atoms with E-state index < -0.39 is 0 Å². The van der Waals surface area contributed by atoms with Gasteiger partial charge in [-0.3, -0.25) is 4.98 Å². The fraction of sp³-hybridized carbons (Fsp3) is 0.312. The lowest BCUT2D eigenvalue weighted by molar-refractivity contribution is 0.761. The summed E-state index contributed by atoms with van der Waals surface area (Å²) < 4.78 is 0. The third-order valence-corrected chi connectivity index (χ3v) is 3.00. The maximum absolute atomic E-state index is 4.12. The lowest BCUT2D eigenvalue weighted by Crippen LogP contribution is -2.01. The molecule has 2 aromatic rings. The molecule has 2 rings (SSSR count). The average Bonchev–Trinajstić information content (AvgIpc) is 2.42. The Kier molecular flexibility index (Phi) is 4.77. The molecule has 0 aliphatic rings. The van der Waals surface area contributed by atoms with Gasteiger partial charge in [-0.1, -0.05) is 23.8 Å². The van der Waals surface area contributed by atoms with Crippen molar-refractivity contribution in [3.8, 4) is 0 Å². The second kappa shape index (κ2) is 6.80. The number of hydrogen-bond donors (Lipinski definition) is 1. The fourth-order valence-corrected chi connectivity index (χ4v) is 1.90. The van der Waals surface area contributed by atoms with Crippen molar-refractivity contribution in [2.75, 3.05) is 11.9 Å². The van der Waals surface area contributed by atoms with Gasteiger partial charge in [0.15, 0.2) is 0 Å². The smallest absolute Gasteiger partial charge is 0.0340 e. The van der Waals surface area contributed by atoms with E-state index in [2.05, 4.69) is 47.6 Å². The van der Waals surface area contributed by atoms with E-state index in [1.807, 2.05) is 18.5 Å². The van der Waals surface area contributed by atoms with E-state index in [0.717, 1.165) is 13.0 Å². The summed E-state index contributed by atoms with van der Waals surface area (Å²) in [5, 5.41) is 3.44. The molecule has 0 radical (unpaired) electrons. The van der Waals surface area contributed by atoms with Crippen LogP contribution in [0.4, 0.5) is 5.69 Å². The molecule has 0 fully saturated rings. The molecular weight excluding hydrogens is 220 g/mol. The zero-order chi connectivity index (χ0) is 12.6. The van der Waals surface area contributed by atoms with Gasteiger partial charge < -0.3 is 5.32 Å². The second-order valence-electron chi connectivity index (χ2n) is 4.61. The van der Waals surface area contributed by atoms with Crippen molar-refractivity contribution < 1.29 is 0 Å². The number of benzene rings is 1. The molecule has 2 heteroatoms. The molecule has 94 valence electrons. The fourth-order valence-electron chi connectivity index (χ4n) is 1.90. The molecule has 1 heterocycles. The Bertz CT molecular complexity index is 448. The quantitative estimate of drug-likeness (QED) is 0.776. The van der Waals surface area contributed by atoms with Crippen molar-refractivity contribution in [2.24, 2.45) is 0 Å². The summed E-state index contributed by atoms with van der Waals surface area (Å²) in [4.78, 5) is 4.12. The molecule has 0 spiro atoms. The van der Waals surface area contributed by atoms with E-state index >= 15 is 0 Å². The highest BCUT2D eigenvalue weighted by Gasteiger charge is 1.94. The maximum Gasteiger partial charge on any atom is 0.0340 e. The molecule has 2 nitrogen and oxygen atoms in total. The number of nitrogens with one attached hydrogen (secondary N) is 1. The van der Waals surface area contributed by atoms with E-state index in [9.17, 15) is 0 Å². The topological polar surface area (TPSA) is 24.9 Å². The van der Waals surface area contributed by atoms with Crippen LogP contribution in [0.25, 0.3) is 0 Å². The summed E-state index contributed by atoms with van der Waals surface area (Å²) in [7, 11) is 0. The molecule has 0 unspecified atom stereocenters.